The maximum Gasteiger partial charge on any atom is 0.390 e. The molecule has 12 heteroatoms. The maximum absolute atomic E-state index is 14.2. The molecule has 0 saturated heterocycles. The Labute approximate surface area is 208 Å². The molecule has 0 spiro atoms. The molecule has 0 saturated carbocycles. The molecule has 192 valence electrons. The number of halogens is 4. The van der Waals surface area contributed by atoms with Crippen molar-refractivity contribution in [1.82, 2.24) is 14.6 Å². The number of ether oxygens (including phenoxy) is 1. The van der Waals surface area contributed by atoms with E-state index in [4.69, 9.17) is 10.5 Å². The first-order valence-electron chi connectivity index (χ1n) is 11.0. The number of aromatic nitrogens is 3. The second-order valence-electron chi connectivity index (χ2n) is 8.16. The van der Waals surface area contributed by atoms with Crippen LogP contribution in [0.25, 0.3) is 16.9 Å². The van der Waals surface area contributed by atoms with Gasteiger partial charge in [0.05, 0.1) is 36.7 Å². The standard InChI is InChI=1S/C25H21F4N5O3/c1-13-10-14(6-7-15(13)23(30)36)20-12-32-24-19(31-9-8-25(27,28)29)11-18(33-34(20)24)21(35)16-4-3-5-17(26)22(16)37-2/h3-7,10-12,31H,8-9H2,1-2H3,(H2,30,36). The Bertz CT molecular complexity index is 1510. The highest BCUT2D eigenvalue weighted by molar-refractivity contribution is 6.10. The summed E-state index contributed by atoms with van der Waals surface area (Å²) in [5, 5.41) is 7.04. The van der Waals surface area contributed by atoms with Crippen LogP contribution in [-0.2, 0) is 0 Å². The van der Waals surface area contributed by atoms with E-state index in [2.05, 4.69) is 15.4 Å². The predicted octanol–water partition coefficient (Wildman–Crippen LogP) is 4.55. The molecular weight excluding hydrogens is 494 g/mol. The minimum atomic E-state index is -4.40. The monoisotopic (exact) mass is 515 g/mol. The number of amides is 1. The number of ketones is 1. The molecule has 0 aliphatic rings. The predicted molar refractivity (Wildman–Crippen MR) is 127 cm³/mol. The van der Waals surface area contributed by atoms with E-state index in [1.807, 2.05) is 0 Å². The maximum atomic E-state index is 14.2. The molecule has 2 heterocycles. The average molecular weight is 515 g/mol. The van der Waals surface area contributed by atoms with E-state index in [9.17, 15) is 27.2 Å². The quantitative estimate of drug-likeness (QED) is 0.263. The van der Waals surface area contributed by atoms with Crippen LogP contribution in [0, 0.1) is 12.7 Å². The van der Waals surface area contributed by atoms with Gasteiger partial charge >= 0.3 is 6.18 Å². The zero-order chi connectivity index (χ0) is 26.9. The van der Waals surface area contributed by atoms with Gasteiger partial charge in [0, 0.05) is 17.7 Å². The number of fused-ring (bicyclic) bond motifs is 1. The number of rotatable bonds is 8. The fourth-order valence-corrected chi connectivity index (χ4v) is 3.88. The zero-order valence-corrected chi connectivity index (χ0v) is 19.7. The Morgan fingerprint density at radius 3 is 2.54 bits per heavy atom. The largest absolute Gasteiger partial charge is 0.493 e. The SMILES string of the molecule is COc1c(F)cccc1C(=O)c1cc(NCCC(F)(F)F)c2ncc(-c3ccc(C(N)=O)c(C)c3)n2n1. The number of methoxy groups -OCH3 is 1. The van der Waals surface area contributed by atoms with Crippen LogP contribution >= 0.6 is 0 Å². The third kappa shape index (κ3) is 5.22. The van der Waals surface area contributed by atoms with Crippen molar-refractivity contribution in [2.75, 3.05) is 19.0 Å². The lowest BCUT2D eigenvalue weighted by molar-refractivity contribution is -0.131. The highest BCUT2D eigenvalue weighted by Crippen LogP contribution is 2.29. The van der Waals surface area contributed by atoms with Crippen molar-refractivity contribution in [2.45, 2.75) is 19.5 Å². The van der Waals surface area contributed by atoms with Gasteiger partial charge in [-0.25, -0.2) is 13.9 Å². The van der Waals surface area contributed by atoms with Gasteiger partial charge in [0.25, 0.3) is 0 Å². The minimum absolute atomic E-state index is 0.112. The lowest BCUT2D eigenvalue weighted by Crippen LogP contribution is -2.16. The van der Waals surface area contributed by atoms with Crippen molar-refractivity contribution in [2.24, 2.45) is 5.73 Å². The fraction of sp³-hybridized carbons (Fsp3) is 0.200. The summed E-state index contributed by atoms with van der Waals surface area (Å²) in [4.78, 5) is 29.2. The molecule has 3 N–H and O–H groups in total. The van der Waals surface area contributed by atoms with Gasteiger partial charge in [-0.05, 0) is 42.8 Å². The highest BCUT2D eigenvalue weighted by atomic mass is 19.4. The van der Waals surface area contributed by atoms with E-state index in [1.54, 1.807) is 19.1 Å². The van der Waals surface area contributed by atoms with Crippen LogP contribution in [0.15, 0.2) is 48.7 Å². The third-order valence-corrected chi connectivity index (χ3v) is 5.63. The number of hydrogen-bond acceptors (Lipinski definition) is 6. The number of imidazole rings is 1. The van der Waals surface area contributed by atoms with Gasteiger partial charge in [-0.2, -0.15) is 18.3 Å². The minimum Gasteiger partial charge on any atom is -0.493 e. The Balaban J connectivity index is 1.86. The Morgan fingerprint density at radius 1 is 1.14 bits per heavy atom. The summed E-state index contributed by atoms with van der Waals surface area (Å²) in [6.07, 6.45) is -4.08. The molecule has 2 aromatic carbocycles. The van der Waals surface area contributed by atoms with Crippen LogP contribution < -0.4 is 15.8 Å². The number of hydrogen-bond donors (Lipinski definition) is 2. The number of alkyl halides is 3. The number of primary amides is 1. The molecule has 2 aromatic heterocycles. The molecular formula is C25H21F4N5O3. The number of nitrogens with one attached hydrogen (secondary N) is 1. The van der Waals surface area contributed by atoms with Gasteiger partial charge in [0.2, 0.25) is 11.7 Å². The number of aryl methyl sites for hydroxylation is 1. The summed E-state index contributed by atoms with van der Waals surface area (Å²) >= 11 is 0. The third-order valence-electron chi connectivity index (χ3n) is 5.63. The van der Waals surface area contributed by atoms with E-state index in [-0.39, 0.29) is 28.3 Å². The normalized spacial score (nSPS) is 11.5. The molecule has 0 aliphatic heterocycles. The van der Waals surface area contributed by atoms with Crippen molar-refractivity contribution in [3.8, 4) is 17.0 Å². The molecule has 0 bridgehead atoms. The van der Waals surface area contributed by atoms with E-state index in [0.29, 0.717) is 22.4 Å². The summed E-state index contributed by atoms with van der Waals surface area (Å²) in [6, 6.07) is 9.89. The molecule has 37 heavy (non-hydrogen) atoms. The summed E-state index contributed by atoms with van der Waals surface area (Å²) in [7, 11) is 1.21. The van der Waals surface area contributed by atoms with E-state index < -0.39 is 36.6 Å². The van der Waals surface area contributed by atoms with Crippen molar-refractivity contribution >= 4 is 23.0 Å². The number of carbonyl (C=O) groups excluding carboxylic acids is 2. The summed E-state index contributed by atoms with van der Waals surface area (Å²) in [6.45, 7) is 1.21. The molecule has 4 rings (SSSR count). The smallest absolute Gasteiger partial charge is 0.390 e. The molecule has 4 aromatic rings. The van der Waals surface area contributed by atoms with Crippen LogP contribution in [0.5, 0.6) is 5.75 Å². The number of benzene rings is 2. The van der Waals surface area contributed by atoms with E-state index >= 15 is 0 Å². The van der Waals surface area contributed by atoms with Crippen LogP contribution in [0.3, 0.4) is 0 Å². The first-order valence-corrected chi connectivity index (χ1v) is 11.0. The molecule has 0 aliphatic carbocycles. The lowest BCUT2D eigenvalue weighted by Gasteiger charge is -2.13. The first kappa shape index (κ1) is 25.6. The zero-order valence-electron chi connectivity index (χ0n) is 19.7. The van der Waals surface area contributed by atoms with Crippen molar-refractivity contribution in [1.29, 1.82) is 0 Å². The topological polar surface area (TPSA) is 112 Å². The molecule has 8 nitrogen and oxygen atoms in total. The highest BCUT2D eigenvalue weighted by Gasteiger charge is 2.27. The number of nitrogens with two attached hydrogens (primary N) is 1. The second-order valence-corrected chi connectivity index (χ2v) is 8.16. The number of anilines is 1. The van der Waals surface area contributed by atoms with Crippen molar-refractivity contribution in [3.05, 3.63) is 76.9 Å². The summed E-state index contributed by atoms with van der Waals surface area (Å²) < 4.78 is 58.9. The van der Waals surface area contributed by atoms with E-state index in [0.717, 1.165) is 6.07 Å². The van der Waals surface area contributed by atoms with Crippen molar-refractivity contribution in [3.63, 3.8) is 0 Å². The van der Waals surface area contributed by atoms with Crippen LogP contribution in [0.2, 0.25) is 0 Å². The molecule has 0 unspecified atom stereocenters. The van der Waals surface area contributed by atoms with Crippen LogP contribution in [0.1, 0.15) is 38.4 Å². The van der Waals surface area contributed by atoms with E-state index in [1.165, 1.54) is 42.1 Å². The van der Waals surface area contributed by atoms with Crippen LogP contribution in [0.4, 0.5) is 23.2 Å². The Kier molecular flexibility index (Phi) is 6.84. The molecule has 0 radical (unpaired) electrons. The van der Waals surface area contributed by atoms with Gasteiger partial charge in [-0.15, -0.1) is 0 Å². The second kappa shape index (κ2) is 9.88. The van der Waals surface area contributed by atoms with Crippen molar-refractivity contribution < 1.29 is 31.9 Å². The summed E-state index contributed by atoms with van der Waals surface area (Å²) in [5.41, 5.74) is 7.23. The Hall–Kier alpha value is -4.48. The first-order chi connectivity index (χ1) is 17.5. The molecule has 1 amide bonds. The van der Waals surface area contributed by atoms with Gasteiger partial charge in [-0.1, -0.05) is 12.1 Å². The number of carbonyl (C=O) groups is 2. The van der Waals surface area contributed by atoms with Crippen LogP contribution in [-0.4, -0.2) is 46.1 Å². The van der Waals surface area contributed by atoms with Gasteiger partial charge < -0.3 is 15.8 Å². The summed E-state index contributed by atoms with van der Waals surface area (Å²) in [5.74, 6) is -2.36. The van der Waals surface area contributed by atoms with Gasteiger partial charge in [0.1, 0.15) is 5.69 Å². The number of nitrogens with zero attached hydrogens (tertiary/aromatic N) is 3. The van der Waals surface area contributed by atoms with Gasteiger partial charge in [-0.3, -0.25) is 9.59 Å². The Morgan fingerprint density at radius 2 is 1.89 bits per heavy atom. The molecule has 0 fully saturated rings. The lowest BCUT2D eigenvalue weighted by atomic mass is 10.0. The molecule has 0 atom stereocenters. The van der Waals surface area contributed by atoms with Gasteiger partial charge in [0.15, 0.2) is 17.2 Å². The average Bonchev–Trinajstić information content (AvgIpc) is 3.26. The fourth-order valence-electron chi connectivity index (χ4n) is 3.88. The number of para-hydroxylation sites is 1.